The van der Waals surface area contributed by atoms with E-state index >= 15 is 0 Å². The first kappa shape index (κ1) is 20.0. The van der Waals surface area contributed by atoms with Crippen LogP contribution in [0.2, 0.25) is 0 Å². The standard InChI is InChI=1S/C20H28N4O5/c1-13-15(12-27-3)16(22-28-13)18(25)24-9-6-20(7-10-24,8-11-26-2)19-21-17(29-23-19)14-4-5-14/h14H,4-12H2,1-3H3. The van der Waals surface area contributed by atoms with Gasteiger partial charge in [-0.1, -0.05) is 10.3 Å². The van der Waals surface area contributed by atoms with Crippen LogP contribution in [0.3, 0.4) is 0 Å². The van der Waals surface area contributed by atoms with Crippen LogP contribution < -0.4 is 0 Å². The highest BCUT2D eigenvalue weighted by Crippen LogP contribution is 2.42. The summed E-state index contributed by atoms with van der Waals surface area (Å²) in [6.07, 6.45) is 4.54. The topological polar surface area (TPSA) is 104 Å². The van der Waals surface area contributed by atoms with Crippen LogP contribution in [0.15, 0.2) is 9.05 Å². The zero-order valence-electron chi connectivity index (χ0n) is 17.3. The second-order valence-electron chi connectivity index (χ2n) is 8.04. The number of methoxy groups -OCH3 is 2. The first-order valence-electron chi connectivity index (χ1n) is 10.1. The number of piperidine rings is 1. The maximum Gasteiger partial charge on any atom is 0.276 e. The number of aromatic nitrogens is 3. The average Bonchev–Trinajstić information content (AvgIpc) is 3.35. The van der Waals surface area contributed by atoms with Gasteiger partial charge in [0.05, 0.1) is 12.2 Å². The van der Waals surface area contributed by atoms with E-state index in [0.717, 1.165) is 43.8 Å². The van der Waals surface area contributed by atoms with Crippen LogP contribution in [0.1, 0.15) is 71.5 Å². The van der Waals surface area contributed by atoms with E-state index in [4.69, 9.17) is 23.5 Å². The minimum Gasteiger partial charge on any atom is -0.385 e. The number of ether oxygens (including phenoxy) is 2. The van der Waals surface area contributed by atoms with Gasteiger partial charge in [-0.3, -0.25) is 4.79 Å². The van der Waals surface area contributed by atoms with E-state index in [9.17, 15) is 4.79 Å². The molecule has 0 atom stereocenters. The third kappa shape index (κ3) is 3.93. The van der Waals surface area contributed by atoms with Gasteiger partial charge in [0.1, 0.15) is 5.76 Å². The van der Waals surface area contributed by atoms with Crippen molar-refractivity contribution in [1.82, 2.24) is 20.2 Å². The van der Waals surface area contributed by atoms with E-state index in [2.05, 4.69) is 10.3 Å². The third-order valence-electron chi connectivity index (χ3n) is 6.11. The Bertz CT molecular complexity index is 849. The van der Waals surface area contributed by atoms with Crippen molar-refractivity contribution in [2.75, 3.05) is 33.9 Å². The highest BCUT2D eigenvalue weighted by molar-refractivity contribution is 5.93. The Labute approximate surface area is 169 Å². The molecule has 0 N–H and O–H groups in total. The lowest BCUT2D eigenvalue weighted by atomic mass is 9.75. The Morgan fingerprint density at radius 1 is 1.17 bits per heavy atom. The Morgan fingerprint density at radius 3 is 2.59 bits per heavy atom. The quantitative estimate of drug-likeness (QED) is 0.661. The molecule has 2 fully saturated rings. The number of carbonyl (C=O) groups is 1. The molecule has 2 aromatic rings. The van der Waals surface area contributed by atoms with Crippen molar-refractivity contribution in [2.24, 2.45) is 0 Å². The van der Waals surface area contributed by atoms with Gasteiger partial charge < -0.3 is 23.4 Å². The molecule has 0 aromatic carbocycles. The van der Waals surface area contributed by atoms with Gasteiger partial charge in [-0.05, 0) is 39.0 Å². The molecule has 3 heterocycles. The first-order chi connectivity index (χ1) is 14.1. The summed E-state index contributed by atoms with van der Waals surface area (Å²) in [4.78, 5) is 19.6. The molecule has 1 saturated heterocycles. The van der Waals surface area contributed by atoms with Gasteiger partial charge in [-0.25, -0.2) is 0 Å². The van der Waals surface area contributed by atoms with Crippen molar-refractivity contribution < 1.29 is 23.3 Å². The van der Waals surface area contributed by atoms with Gasteiger partial charge in [-0.15, -0.1) is 0 Å². The van der Waals surface area contributed by atoms with Gasteiger partial charge in [0.2, 0.25) is 5.89 Å². The molecule has 2 aliphatic rings. The summed E-state index contributed by atoms with van der Waals surface area (Å²) >= 11 is 0. The molecule has 2 aromatic heterocycles. The van der Waals surface area contributed by atoms with Gasteiger partial charge in [-0.2, -0.15) is 4.98 Å². The second-order valence-corrected chi connectivity index (χ2v) is 8.04. The van der Waals surface area contributed by atoms with Crippen molar-refractivity contribution >= 4 is 5.91 Å². The van der Waals surface area contributed by atoms with Gasteiger partial charge in [0, 0.05) is 45.2 Å². The molecular weight excluding hydrogens is 376 g/mol. The van der Waals surface area contributed by atoms with Crippen LogP contribution in [-0.4, -0.2) is 60.0 Å². The predicted molar refractivity (Wildman–Crippen MR) is 102 cm³/mol. The lowest BCUT2D eigenvalue weighted by molar-refractivity contribution is 0.0603. The molecule has 0 unspecified atom stereocenters. The minimum absolute atomic E-state index is 0.124. The number of nitrogens with zero attached hydrogens (tertiary/aromatic N) is 4. The van der Waals surface area contributed by atoms with Crippen molar-refractivity contribution in [3.8, 4) is 0 Å². The zero-order valence-corrected chi connectivity index (χ0v) is 17.3. The predicted octanol–water partition coefficient (Wildman–Crippen LogP) is 2.60. The molecule has 1 saturated carbocycles. The number of hydrogen-bond donors (Lipinski definition) is 0. The molecule has 9 nitrogen and oxygen atoms in total. The number of likely N-dealkylation sites (tertiary alicyclic amines) is 1. The minimum atomic E-state index is -0.238. The normalized spacial score (nSPS) is 18.9. The van der Waals surface area contributed by atoms with Gasteiger partial charge in [0.15, 0.2) is 11.5 Å². The number of amides is 1. The third-order valence-corrected chi connectivity index (χ3v) is 6.11. The fourth-order valence-corrected chi connectivity index (χ4v) is 3.99. The molecule has 158 valence electrons. The van der Waals surface area contributed by atoms with Gasteiger partial charge in [0.25, 0.3) is 5.91 Å². The molecule has 1 aliphatic carbocycles. The number of carbonyl (C=O) groups excluding carboxylic acids is 1. The molecule has 9 heteroatoms. The molecule has 0 spiro atoms. The highest BCUT2D eigenvalue weighted by atomic mass is 16.5. The van der Waals surface area contributed by atoms with E-state index in [0.29, 0.717) is 49.2 Å². The summed E-state index contributed by atoms with van der Waals surface area (Å²) in [6, 6.07) is 0. The smallest absolute Gasteiger partial charge is 0.276 e. The highest BCUT2D eigenvalue weighted by Gasteiger charge is 2.43. The van der Waals surface area contributed by atoms with Crippen molar-refractivity contribution in [3.05, 3.63) is 28.7 Å². The van der Waals surface area contributed by atoms with Crippen LogP contribution in [0.25, 0.3) is 0 Å². The molecule has 1 amide bonds. The largest absolute Gasteiger partial charge is 0.385 e. The maximum atomic E-state index is 13.0. The summed E-state index contributed by atoms with van der Waals surface area (Å²) in [6.45, 7) is 3.89. The molecular formula is C20H28N4O5. The van der Waals surface area contributed by atoms with Crippen LogP contribution >= 0.6 is 0 Å². The summed E-state index contributed by atoms with van der Waals surface area (Å²) in [5, 5.41) is 8.28. The molecule has 1 aliphatic heterocycles. The number of rotatable bonds is 8. The number of hydrogen-bond acceptors (Lipinski definition) is 8. The molecule has 29 heavy (non-hydrogen) atoms. The van der Waals surface area contributed by atoms with E-state index in [-0.39, 0.29) is 11.3 Å². The summed E-state index contributed by atoms with van der Waals surface area (Å²) in [5.41, 5.74) is 0.809. The SMILES string of the molecule is COCCC1(c2noc(C3CC3)n2)CCN(C(=O)c2noc(C)c2COC)CC1. The van der Waals surface area contributed by atoms with Crippen LogP contribution in [-0.2, 0) is 21.5 Å². The summed E-state index contributed by atoms with van der Waals surface area (Å²) < 4.78 is 21.3. The fourth-order valence-electron chi connectivity index (χ4n) is 3.99. The monoisotopic (exact) mass is 404 g/mol. The Balaban J connectivity index is 1.49. The summed E-state index contributed by atoms with van der Waals surface area (Å²) in [7, 11) is 3.29. The Hall–Kier alpha value is -2.26. The second kappa shape index (κ2) is 8.23. The number of aryl methyl sites for hydroxylation is 1. The first-order valence-corrected chi connectivity index (χ1v) is 10.1. The molecule has 0 radical (unpaired) electrons. The van der Waals surface area contributed by atoms with Crippen molar-refractivity contribution in [1.29, 1.82) is 0 Å². The molecule has 4 rings (SSSR count). The van der Waals surface area contributed by atoms with Crippen LogP contribution in [0.4, 0.5) is 0 Å². The van der Waals surface area contributed by atoms with E-state index < -0.39 is 0 Å². The lowest BCUT2D eigenvalue weighted by Gasteiger charge is -2.39. The fraction of sp³-hybridized carbons (Fsp3) is 0.700. The van der Waals surface area contributed by atoms with Crippen LogP contribution in [0, 0.1) is 6.92 Å². The van der Waals surface area contributed by atoms with Crippen LogP contribution in [0.5, 0.6) is 0 Å². The lowest BCUT2D eigenvalue weighted by Crippen LogP contribution is -2.46. The Kier molecular flexibility index (Phi) is 5.69. The van der Waals surface area contributed by atoms with Gasteiger partial charge >= 0.3 is 0 Å². The summed E-state index contributed by atoms with van der Waals surface area (Å²) in [5.74, 6) is 2.41. The maximum absolute atomic E-state index is 13.0. The average molecular weight is 404 g/mol. The van der Waals surface area contributed by atoms with E-state index in [1.807, 2.05) is 4.90 Å². The van der Waals surface area contributed by atoms with Crippen molar-refractivity contribution in [2.45, 2.75) is 57.0 Å². The van der Waals surface area contributed by atoms with Crippen molar-refractivity contribution in [3.63, 3.8) is 0 Å². The Morgan fingerprint density at radius 2 is 1.93 bits per heavy atom. The van der Waals surface area contributed by atoms with E-state index in [1.165, 1.54) is 0 Å². The van der Waals surface area contributed by atoms with E-state index in [1.54, 1.807) is 21.1 Å². The molecule has 0 bridgehead atoms. The zero-order chi connectivity index (χ0) is 20.4.